The molecule has 6 heteroatoms. The van der Waals surface area contributed by atoms with E-state index in [1.165, 1.54) is 57.8 Å². The summed E-state index contributed by atoms with van der Waals surface area (Å²) in [6.45, 7) is 8.85. The van der Waals surface area contributed by atoms with Gasteiger partial charge < -0.3 is 14.5 Å². The third-order valence-electron chi connectivity index (χ3n) is 6.41. The van der Waals surface area contributed by atoms with Gasteiger partial charge in [0.25, 0.3) is 6.47 Å². The average molecular weight is 455 g/mol. The largest absolute Gasteiger partial charge is 0.468 e. The highest BCUT2D eigenvalue weighted by atomic mass is 16.5. The van der Waals surface area contributed by atoms with Gasteiger partial charge in [-0.15, -0.1) is 0 Å². The summed E-state index contributed by atoms with van der Waals surface area (Å²) in [5, 5.41) is 0. The van der Waals surface area contributed by atoms with E-state index in [4.69, 9.17) is 4.74 Å². The average Bonchev–Trinajstić information content (AvgIpc) is 2.81. The minimum atomic E-state index is 0.124. The lowest BCUT2D eigenvalue weighted by Gasteiger charge is -2.33. The van der Waals surface area contributed by atoms with Crippen molar-refractivity contribution in [2.24, 2.45) is 0 Å². The zero-order chi connectivity index (χ0) is 23.9. The maximum atomic E-state index is 11.7. The number of hydrogen-bond donors (Lipinski definition) is 0. The molecule has 6 nitrogen and oxygen atoms in total. The topological polar surface area (TPSA) is 66.9 Å². The summed E-state index contributed by atoms with van der Waals surface area (Å²) < 4.78 is 4.70. The summed E-state index contributed by atoms with van der Waals surface area (Å²) in [4.78, 5) is 37.2. The fraction of sp³-hybridized carbons (Fsp3) is 0.885. The summed E-state index contributed by atoms with van der Waals surface area (Å²) in [6, 6.07) is 0.267. The van der Waals surface area contributed by atoms with Crippen molar-refractivity contribution in [2.45, 2.75) is 129 Å². The minimum absolute atomic E-state index is 0.124. The molecule has 188 valence electrons. The Balaban J connectivity index is 4.13. The van der Waals surface area contributed by atoms with Crippen molar-refractivity contribution in [3.8, 4) is 0 Å². The number of amides is 2. The quantitative estimate of drug-likeness (QED) is 0.131. The van der Waals surface area contributed by atoms with Gasteiger partial charge in [0, 0.05) is 25.2 Å². The van der Waals surface area contributed by atoms with Crippen molar-refractivity contribution >= 4 is 19.3 Å². The van der Waals surface area contributed by atoms with Gasteiger partial charge in [0.05, 0.1) is 6.61 Å². The number of hydrogen-bond acceptors (Lipinski definition) is 4. The van der Waals surface area contributed by atoms with Crippen LogP contribution in [0.5, 0.6) is 0 Å². The molecular formula is C26H50N2O4. The second-order valence-corrected chi connectivity index (χ2v) is 9.04. The summed E-state index contributed by atoms with van der Waals surface area (Å²) >= 11 is 0. The smallest absolute Gasteiger partial charge is 0.293 e. The van der Waals surface area contributed by atoms with Crippen LogP contribution in [-0.4, -0.2) is 60.9 Å². The Morgan fingerprint density at radius 3 is 1.69 bits per heavy atom. The predicted molar refractivity (Wildman–Crippen MR) is 131 cm³/mol. The molecule has 0 aliphatic carbocycles. The summed E-state index contributed by atoms with van der Waals surface area (Å²) in [5.41, 5.74) is 0. The molecular weight excluding hydrogens is 404 g/mol. The van der Waals surface area contributed by atoms with Crippen molar-refractivity contribution in [3.63, 3.8) is 0 Å². The lowest BCUT2D eigenvalue weighted by Crippen LogP contribution is -2.41. The molecule has 0 aromatic heterocycles. The zero-order valence-corrected chi connectivity index (χ0v) is 21.1. The molecule has 0 radical (unpaired) electrons. The third kappa shape index (κ3) is 16.1. The number of unbranched alkanes of at least 4 members (excludes halogenated alkanes) is 11. The monoisotopic (exact) mass is 454 g/mol. The molecule has 0 saturated heterocycles. The van der Waals surface area contributed by atoms with Crippen LogP contribution in [0.2, 0.25) is 0 Å². The zero-order valence-electron chi connectivity index (χ0n) is 21.1. The fourth-order valence-corrected chi connectivity index (χ4v) is 4.25. The molecule has 2 atom stereocenters. The second-order valence-electron chi connectivity index (χ2n) is 9.04. The van der Waals surface area contributed by atoms with E-state index >= 15 is 0 Å². The van der Waals surface area contributed by atoms with E-state index in [-0.39, 0.29) is 12.1 Å². The molecule has 0 aliphatic rings. The van der Waals surface area contributed by atoms with Gasteiger partial charge in [0.15, 0.2) is 0 Å². The van der Waals surface area contributed by atoms with E-state index in [2.05, 4.69) is 20.8 Å². The lowest BCUT2D eigenvalue weighted by atomic mass is 10.0. The molecule has 0 rings (SSSR count). The van der Waals surface area contributed by atoms with Gasteiger partial charge in [0.2, 0.25) is 12.8 Å². The van der Waals surface area contributed by atoms with Crippen LogP contribution in [0.1, 0.15) is 117 Å². The standard InChI is InChI=1S/C26H50N2O4/c1-4-6-7-8-9-10-11-12-13-15-18-27(22-29)25(3)21-26(5-2)28(23-30)19-16-14-17-20-32-24-31/h22-26H,4-21H2,1-3H3. The maximum absolute atomic E-state index is 11.7. The van der Waals surface area contributed by atoms with Crippen molar-refractivity contribution in [3.05, 3.63) is 0 Å². The summed E-state index contributed by atoms with van der Waals surface area (Å²) in [5.74, 6) is 0. The van der Waals surface area contributed by atoms with Crippen LogP contribution in [0.15, 0.2) is 0 Å². The Morgan fingerprint density at radius 2 is 1.19 bits per heavy atom. The van der Waals surface area contributed by atoms with Gasteiger partial charge in [0.1, 0.15) is 0 Å². The number of carbonyl (C=O) groups excluding carboxylic acids is 3. The Hall–Kier alpha value is -1.59. The van der Waals surface area contributed by atoms with Crippen molar-refractivity contribution in [1.29, 1.82) is 0 Å². The van der Waals surface area contributed by atoms with Crippen LogP contribution < -0.4 is 0 Å². The molecule has 0 heterocycles. The van der Waals surface area contributed by atoms with Crippen LogP contribution in [0.25, 0.3) is 0 Å². The van der Waals surface area contributed by atoms with Crippen molar-refractivity contribution < 1.29 is 19.1 Å². The van der Waals surface area contributed by atoms with Crippen LogP contribution in [0, 0.1) is 0 Å². The molecule has 0 fully saturated rings. The van der Waals surface area contributed by atoms with Crippen molar-refractivity contribution in [1.82, 2.24) is 9.80 Å². The normalized spacial score (nSPS) is 12.7. The van der Waals surface area contributed by atoms with Crippen LogP contribution in [0.4, 0.5) is 0 Å². The number of ether oxygens (including phenoxy) is 1. The van der Waals surface area contributed by atoms with E-state index < -0.39 is 0 Å². The molecule has 2 unspecified atom stereocenters. The minimum Gasteiger partial charge on any atom is -0.468 e. The molecule has 0 aromatic carbocycles. The molecule has 0 aliphatic heterocycles. The summed E-state index contributed by atoms with van der Waals surface area (Å²) in [7, 11) is 0. The first kappa shape index (κ1) is 30.4. The fourth-order valence-electron chi connectivity index (χ4n) is 4.25. The van der Waals surface area contributed by atoms with E-state index in [0.29, 0.717) is 19.6 Å². The molecule has 0 bridgehead atoms. The van der Waals surface area contributed by atoms with E-state index in [9.17, 15) is 14.4 Å². The molecule has 0 N–H and O–H groups in total. The van der Waals surface area contributed by atoms with Crippen LogP contribution in [-0.2, 0) is 19.1 Å². The lowest BCUT2D eigenvalue weighted by molar-refractivity contribution is -0.128. The SMILES string of the molecule is CCCCCCCCCCCCN(C=O)C(C)CC(CC)N(C=O)CCCCCOC=O. The van der Waals surface area contributed by atoms with Gasteiger partial charge in [-0.3, -0.25) is 14.4 Å². The van der Waals surface area contributed by atoms with Crippen LogP contribution >= 0.6 is 0 Å². The molecule has 2 amide bonds. The first-order chi connectivity index (χ1) is 15.6. The van der Waals surface area contributed by atoms with E-state index in [0.717, 1.165) is 57.9 Å². The van der Waals surface area contributed by atoms with Gasteiger partial charge in [-0.05, 0) is 45.4 Å². The Labute approximate surface area is 197 Å². The number of carbonyl (C=O) groups is 3. The van der Waals surface area contributed by atoms with Gasteiger partial charge >= 0.3 is 0 Å². The highest BCUT2D eigenvalue weighted by Crippen LogP contribution is 2.16. The highest BCUT2D eigenvalue weighted by Gasteiger charge is 2.21. The predicted octanol–water partition coefficient (Wildman–Crippen LogP) is 5.72. The van der Waals surface area contributed by atoms with Gasteiger partial charge in [-0.1, -0.05) is 71.6 Å². The van der Waals surface area contributed by atoms with Gasteiger partial charge in [-0.2, -0.15) is 0 Å². The highest BCUT2D eigenvalue weighted by molar-refractivity contribution is 5.48. The molecule has 0 aromatic rings. The Bertz CT molecular complexity index is 448. The Morgan fingerprint density at radius 1 is 0.688 bits per heavy atom. The van der Waals surface area contributed by atoms with Crippen LogP contribution in [0.3, 0.4) is 0 Å². The molecule has 32 heavy (non-hydrogen) atoms. The third-order valence-corrected chi connectivity index (χ3v) is 6.41. The Kier molecular flexibility index (Phi) is 21.5. The number of rotatable bonds is 25. The molecule has 0 spiro atoms. The summed E-state index contributed by atoms with van der Waals surface area (Å²) in [6.07, 6.45) is 19.1. The number of nitrogens with zero attached hydrogens (tertiary/aromatic N) is 2. The van der Waals surface area contributed by atoms with Crippen molar-refractivity contribution in [2.75, 3.05) is 19.7 Å². The molecule has 0 saturated carbocycles. The maximum Gasteiger partial charge on any atom is 0.293 e. The van der Waals surface area contributed by atoms with Gasteiger partial charge in [-0.25, -0.2) is 0 Å². The first-order valence-corrected chi connectivity index (χ1v) is 13.1. The van der Waals surface area contributed by atoms with E-state index in [1.54, 1.807) is 0 Å². The van der Waals surface area contributed by atoms with E-state index in [1.807, 2.05) is 9.80 Å². The first-order valence-electron chi connectivity index (χ1n) is 13.1. The second kappa shape index (κ2) is 22.6.